The number of hydrogen-bond acceptors (Lipinski definition) is 2. The third-order valence-corrected chi connectivity index (χ3v) is 6.20. The van der Waals surface area contributed by atoms with Crippen LogP contribution in [-0.2, 0) is 16.0 Å². The highest BCUT2D eigenvalue weighted by atomic mass is 19.1. The second-order valence-corrected chi connectivity index (χ2v) is 8.35. The molecule has 30 heavy (non-hydrogen) atoms. The van der Waals surface area contributed by atoms with E-state index in [4.69, 9.17) is 0 Å². The summed E-state index contributed by atoms with van der Waals surface area (Å²) in [5.74, 6) is 0.0584. The first-order valence-electron chi connectivity index (χ1n) is 11.2. The Morgan fingerprint density at radius 2 is 2.03 bits per heavy atom. The van der Waals surface area contributed by atoms with Gasteiger partial charge >= 0.3 is 0 Å². The lowest BCUT2D eigenvalue weighted by molar-refractivity contribution is -0.138. The minimum Gasteiger partial charge on any atom is -0.338 e. The summed E-state index contributed by atoms with van der Waals surface area (Å²) in [6.07, 6.45) is 9.93. The van der Waals surface area contributed by atoms with Gasteiger partial charge in [0.2, 0.25) is 11.8 Å². The van der Waals surface area contributed by atoms with Crippen molar-refractivity contribution in [2.24, 2.45) is 0 Å². The predicted molar refractivity (Wildman–Crippen MR) is 117 cm³/mol. The van der Waals surface area contributed by atoms with Crippen molar-refractivity contribution in [1.82, 2.24) is 9.80 Å². The summed E-state index contributed by atoms with van der Waals surface area (Å²) in [6, 6.07) is 6.81. The van der Waals surface area contributed by atoms with Crippen LogP contribution in [0, 0.1) is 5.82 Å². The molecule has 0 bridgehead atoms. The Labute approximate surface area is 179 Å². The number of carbonyl (C=O) groups excluding carboxylic acids is 2. The molecule has 1 aromatic carbocycles. The molecule has 2 aliphatic heterocycles. The van der Waals surface area contributed by atoms with Gasteiger partial charge in [-0.1, -0.05) is 24.3 Å². The van der Waals surface area contributed by atoms with E-state index >= 15 is 0 Å². The van der Waals surface area contributed by atoms with Crippen LogP contribution in [0.3, 0.4) is 0 Å². The van der Waals surface area contributed by atoms with E-state index in [0.717, 1.165) is 37.9 Å². The van der Waals surface area contributed by atoms with Gasteiger partial charge in [-0.05, 0) is 75.7 Å². The van der Waals surface area contributed by atoms with Crippen molar-refractivity contribution >= 4 is 11.8 Å². The molecule has 1 saturated heterocycles. The molecule has 4 nitrogen and oxygen atoms in total. The summed E-state index contributed by atoms with van der Waals surface area (Å²) in [7, 11) is 0. The summed E-state index contributed by atoms with van der Waals surface area (Å²) in [6.45, 7) is 5.35. The standard InChI is InChI=1S/C25H33FN2O2/c1-3-9-23-19(2)15-16-25(30)28(23)18-21-12-6-7-17-27(21)24(29)14-8-11-20-10-4-5-13-22(20)26/h3-5,9-10,13,21H,6-8,11-12,14-18H2,1-2H3/b9-3-. The monoisotopic (exact) mass is 412 g/mol. The number of hydrogen-bond donors (Lipinski definition) is 0. The highest BCUT2D eigenvalue weighted by Gasteiger charge is 2.32. The van der Waals surface area contributed by atoms with Crippen molar-refractivity contribution in [2.75, 3.05) is 13.1 Å². The zero-order valence-corrected chi connectivity index (χ0v) is 18.2. The molecule has 2 heterocycles. The van der Waals surface area contributed by atoms with Crippen molar-refractivity contribution in [3.05, 3.63) is 59.1 Å². The lowest BCUT2D eigenvalue weighted by atomic mass is 9.97. The van der Waals surface area contributed by atoms with Crippen molar-refractivity contribution in [3.8, 4) is 0 Å². The number of nitrogens with zero attached hydrogens (tertiary/aromatic N) is 2. The Bertz CT molecular complexity index is 830. The van der Waals surface area contributed by atoms with E-state index in [1.807, 2.05) is 34.9 Å². The van der Waals surface area contributed by atoms with Gasteiger partial charge in [0, 0.05) is 37.7 Å². The molecule has 1 aromatic rings. The number of likely N-dealkylation sites (tertiary alicyclic amines) is 1. The van der Waals surface area contributed by atoms with Crippen molar-refractivity contribution < 1.29 is 14.0 Å². The predicted octanol–water partition coefficient (Wildman–Crippen LogP) is 5.00. The quantitative estimate of drug-likeness (QED) is 0.632. The Balaban J connectivity index is 1.64. The average Bonchev–Trinajstić information content (AvgIpc) is 2.75. The van der Waals surface area contributed by atoms with E-state index in [9.17, 15) is 14.0 Å². The summed E-state index contributed by atoms with van der Waals surface area (Å²) in [5, 5.41) is 0. The van der Waals surface area contributed by atoms with Crippen LogP contribution in [0.5, 0.6) is 0 Å². The molecule has 1 fully saturated rings. The van der Waals surface area contributed by atoms with Gasteiger partial charge in [0.15, 0.2) is 0 Å². The Morgan fingerprint density at radius 1 is 1.23 bits per heavy atom. The molecular weight excluding hydrogens is 379 g/mol. The number of carbonyl (C=O) groups is 2. The number of piperidine rings is 1. The molecule has 0 spiro atoms. The highest BCUT2D eigenvalue weighted by Crippen LogP contribution is 2.27. The smallest absolute Gasteiger partial charge is 0.227 e. The van der Waals surface area contributed by atoms with E-state index in [1.54, 1.807) is 12.1 Å². The minimum absolute atomic E-state index is 0.0508. The Kier molecular flexibility index (Phi) is 7.83. The van der Waals surface area contributed by atoms with E-state index in [0.29, 0.717) is 37.8 Å². The van der Waals surface area contributed by atoms with Crippen molar-refractivity contribution in [1.29, 1.82) is 0 Å². The molecule has 2 aliphatic rings. The van der Waals surface area contributed by atoms with Gasteiger partial charge in [-0.3, -0.25) is 9.59 Å². The van der Waals surface area contributed by atoms with E-state index in [2.05, 4.69) is 6.92 Å². The van der Waals surface area contributed by atoms with Crippen LogP contribution < -0.4 is 0 Å². The number of rotatable bonds is 7. The maximum atomic E-state index is 13.8. The molecule has 0 aliphatic carbocycles. The molecule has 0 N–H and O–H groups in total. The zero-order chi connectivity index (χ0) is 21.5. The lowest BCUT2D eigenvalue weighted by Gasteiger charge is -2.40. The number of amides is 2. The van der Waals surface area contributed by atoms with E-state index in [-0.39, 0.29) is 23.7 Å². The van der Waals surface area contributed by atoms with Gasteiger partial charge in [-0.15, -0.1) is 0 Å². The summed E-state index contributed by atoms with van der Waals surface area (Å²) < 4.78 is 13.8. The molecule has 1 atom stereocenters. The lowest BCUT2D eigenvalue weighted by Crippen LogP contribution is -2.50. The second kappa shape index (κ2) is 10.6. The molecular formula is C25H33FN2O2. The molecule has 3 rings (SSSR count). The van der Waals surface area contributed by atoms with Gasteiger partial charge in [-0.2, -0.15) is 0 Å². The topological polar surface area (TPSA) is 40.6 Å². The van der Waals surface area contributed by atoms with Crippen molar-refractivity contribution in [2.45, 2.75) is 71.3 Å². The maximum Gasteiger partial charge on any atom is 0.227 e. The third kappa shape index (κ3) is 5.38. The molecule has 162 valence electrons. The van der Waals surface area contributed by atoms with Crippen LogP contribution in [0.4, 0.5) is 4.39 Å². The van der Waals surface area contributed by atoms with Crippen LogP contribution in [0.1, 0.15) is 64.4 Å². The first-order chi connectivity index (χ1) is 14.5. The molecule has 2 amide bonds. The summed E-state index contributed by atoms with van der Waals surface area (Å²) in [4.78, 5) is 29.5. The first-order valence-corrected chi connectivity index (χ1v) is 11.2. The number of allylic oxidation sites excluding steroid dienone is 3. The average molecular weight is 413 g/mol. The summed E-state index contributed by atoms with van der Waals surface area (Å²) >= 11 is 0. The number of halogens is 1. The van der Waals surface area contributed by atoms with Crippen LogP contribution in [0.25, 0.3) is 0 Å². The Hall–Kier alpha value is -2.43. The van der Waals surface area contributed by atoms with Gasteiger partial charge < -0.3 is 9.80 Å². The maximum absolute atomic E-state index is 13.8. The normalized spacial score (nSPS) is 20.4. The van der Waals surface area contributed by atoms with Crippen LogP contribution in [0.2, 0.25) is 0 Å². The molecule has 5 heteroatoms. The third-order valence-electron chi connectivity index (χ3n) is 6.20. The number of benzene rings is 1. The fourth-order valence-electron chi connectivity index (χ4n) is 4.52. The van der Waals surface area contributed by atoms with Gasteiger partial charge in [-0.25, -0.2) is 4.39 Å². The van der Waals surface area contributed by atoms with Crippen LogP contribution in [0.15, 0.2) is 47.7 Å². The van der Waals surface area contributed by atoms with Crippen molar-refractivity contribution in [3.63, 3.8) is 0 Å². The highest BCUT2D eigenvalue weighted by molar-refractivity contribution is 5.81. The molecule has 0 aromatic heterocycles. The summed E-state index contributed by atoms with van der Waals surface area (Å²) in [5.41, 5.74) is 2.88. The van der Waals surface area contributed by atoms with Crippen LogP contribution >= 0.6 is 0 Å². The zero-order valence-electron chi connectivity index (χ0n) is 18.2. The number of aryl methyl sites for hydroxylation is 1. The first kappa shape index (κ1) is 22.3. The van der Waals surface area contributed by atoms with Gasteiger partial charge in [0.25, 0.3) is 0 Å². The van der Waals surface area contributed by atoms with E-state index < -0.39 is 0 Å². The van der Waals surface area contributed by atoms with Gasteiger partial charge in [0.1, 0.15) is 5.82 Å². The van der Waals surface area contributed by atoms with E-state index in [1.165, 1.54) is 11.6 Å². The fraction of sp³-hybridized carbons (Fsp3) is 0.520. The SMILES string of the molecule is C/C=C\C1=C(C)CCC(=O)N1CC1CCCCN1C(=O)CCCc1ccccc1F. The van der Waals surface area contributed by atoms with Crippen LogP contribution in [-0.4, -0.2) is 40.7 Å². The fourth-order valence-corrected chi connectivity index (χ4v) is 4.52. The second-order valence-electron chi connectivity index (χ2n) is 8.35. The van der Waals surface area contributed by atoms with Gasteiger partial charge in [0.05, 0.1) is 0 Å². The Morgan fingerprint density at radius 3 is 2.80 bits per heavy atom. The molecule has 0 radical (unpaired) electrons. The molecule has 0 saturated carbocycles. The molecule has 1 unspecified atom stereocenters. The minimum atomic E-state index is -0.205. The largest absolute Gasteiger partial charge is 0.338 e.